The zero-order valence-corrected chi connectivity index (χ0v) is 15.9. The normalized spacial score (nSPS) is 15.0. The highest BCUT2D eigenvalue weighted by molar-refractivity contribution is 5.91. The number of nitrogens with zero attached hydrogens (tertiary/aromatic N) is 3. The Bertz CT molecular complexity index is 1180. The van der Waals surface area contributed by atoms with E-state index in [1.54, 1.807) is 24.5 Å². The Balaban J connectivity index is 1.59. The standard InChI is InChI=1S/C22H22N6O/c23-22-17(19-9-16-14(10-25-19)2-1-3-20(16)29)8-15(11-26-22)18-12-27-28-21(18)13-4-6-24-7-5-13/h1-3,8-13,24,29H,4-7H2,(H2,23,26)(H,27,28). The third-order valence-electron chi connectivity index (χ3n) is 5.66. The highest BCUT2D eigenvalue weighted by Gasteiger charge is 2.21. The first-order chi connectivity index (χ1) is 14.2. The molecule has 0 spiro atoms. The minimum atomic E-state index is 0.219. The van der Waals surface area contributed by atoms with Crippen LogP contribution in [-0.2, 0) is 0 Å². The van der Waals surface area contributed by atoms with E-state index in [-0.39, 0.29) is 5.75 Å². The summed E-state index contributed by atoms with van der Waals surface area (Å²) in [4.78, 5) is 8.97. The Morgan fingerprint density at radius 3 is 2.72 bits per heavy atom. The van der Waals surface area contributed by atoms with Gasteiger partial charge >= 0.3 is 0 Å². The molecule has 0 unspecified atom stereocenters. The number of nitrogens with two attached hydrogens (primary N) is 1. The van der Waals surface area contributed by atoms with Crippen molar-refractivity contribution in [2.75, 3.05) is 18.8 Å². The maximum atomic E-state index is 10.2. The maximum absolute atomic E-state index is 10.2. The van der Waals surface area contributed by atoms with Crippen LogP contribution in [0.5, 0.6) is 5.75 Å². The van der Waals surface area contributed by atoms with Crippen molar-refractivity contribution in [2.45, 2.75) is 18.8 Å². The number of hydrogen-bond donors (Lipinski definition) is 4. The Morgan fingerprint density at radius 2 is 1.86 bits per heavy atom. The molecule has 4 aromatic rings. The van der Waals surface area contributed by atoms with Gasteiger partial charge in [0.05, 0.1) is 11.9 Å². The number of fused-ring (bicyclic) bond motifs is 1. The van der Waals surface area contributed by atoms with Gasteiger partial charge in [-0.1, -0.05) is 12.1 Å². The summed E-state index contributed by atoms with van der Waals surface area (Å²) >= 11 is 0. The molecule has 0 atom stereocenters. The zero-order valence-electron chi connectivity index (χ0n) is 15.9. The van der Waals surface area contributed by atoms with Crippen LogP contribution >= 0.6 is 0 Å². The number of rotatable bonds is 3. The van der Waals surface area contributed by atoms with Crippen molar-refractivity contribution in [1.82, 2.24) is 25.5 Å². The second-order valence-electron chi connectivity index (χ2n) is 7.45. The van der Waals surface area contributed by atoms with E-state index >= 15 is 0 Å². The number of aromatic hydroxyl groups is 1. The van der Waals surface area contributed by atoms with Crippen molar-refractivity contribution in [1.29, 1.82) is 0 Å². The van der Waals surface area contributed by atoms with E-state index in [1.807, 2.05) is 24.4 Å². The topological polar surface area (TPSA) is 113 Å². The number of H-pyrrole nitrogens is 1. The lowest BCUT2D eigenvalue weighted by Gasteiger charge is -2.22. The van der Waals surface area contributed by atoms with Crippen molar-refractivity contribution in [2.24, 2.45) is 0 Å². The Hall–Kier alpha value is -3.45. The number of aromatic nitrogens is 4. The van der Waals surface area contributed by atoms with Gasteiger partial charge in [-0.15, -0.1) is 0 Å². The summed E-state index contributed by atoms with van der Waals surface area (Å²) in [6.45, 7) is 2.03. The van der Waals surface area contributed by atoms with E-state index in [0.29, 0.717) is 17.4 Å². The number of phenols is 1. The molecule has 0 bridgehead atoms. The summed E-state index contributed by atoms with van der Waals surface area (Å²) in [7, 11) is 0. The molecule has 1 aromatic carbocycles. The first-order valence-electron chi connectivity index (χ1n) is 9.78. The fourth-order valence-electron chi connectivity index (χ4n) is 4.08. The Morgan fingerprint density at radius 1 is 1.00 bits per heavy atom. The number of hydrogen-bond acceptors (Lipinski definition) is 6. The molecular formula is C22H22N6O. The van der Waals surface area contributed by atoms with E-state index in [9.17, 15) is 5.11 Å². The van der Waals surface area contributed by atoms with Gasteiger partial charge in [-0.3, -0.25) is 10.1 Å². The van der Waals surface area contributed by atoms with Crippen molar-refractivity contribution in [3.63, 3.8) is 0 Å². The predicted molar refractivity (Wildman–Crippen MR) is 113 cm³/mol. The van der Waals surface area contributed by atoms with Gasteiger partial charge in [0.25, 0.3) is 0 Å². The number of pyridine rings is 2. The van der Waals surface area contributed by atoms with Crippen LogP contribution in [-0.4, -0.2) is 38.4 Å². The lowest BCUT2D eigenvalue weighted by atomic mass is 9.90. The summed E-state index contributed by atoms with van der Waals surface area (Å²) in [5, 5.41) is 22.7. The van der Waals surface area contributed by atoms with Crippen LogP contribution in [0.3, 0.4) is 0 Å². The van der Waals surface area contributed by atoms with E-state index in [2.05, 4.69) is 25.5 Å². The van der Waals surface area contributed by atoms with Crippen molar-refractivity contribution in [3.8, 4) is 28.1 Å². The summed E-state index contributed by atoms with van der Waals surface area (Å²) in [6.07, 6.45) is 7.54. The highest BCUT2D eigenvalue weighted by Crippen LogP contribution is 2.36. The third-order valence-corrected chi connectivity index (χ3v) is 5.66. The molecule has 7 heteroatoms. The number of aromatic amines is 1. The molecule has 0 saturated carbocycles. The molecule has 1 aliphatic rings. The Labute approximate surface area is 168 Å². The second kappa shape index (κ2) is 7.18. The van der Waals surface area contributed by atoms with Gasteiger partial charge < -0.3 is 16.2 Å². The molecule has 0 aliphatic carbocycles. The van der Waals surface area contributed by atoms with Crippen LogP contribution in [0.25, 0.3) is 33.2 Å². The van der Waals surface area contributed by atoms with Crippen molar-refractivity contribution in [3.05, 3.63) is 54.6 Å². The van der Waals surface area contributed by atoms with Crippen molar-refractivity contribution >= 4 is 16.6 Å². The zero-order chi connectivity index (χ0) is 19.8. The summed E-state index contributed by atoms with van der Waals surface area (Å²) in [5.41, 5.74) is 10.8. The lowest BCUT2D eigenvalue weighted by molar-refractivity contribution is 0.453. The number of phenolic OH excluding ortho intramolecular Hbond substituents is 1. The summed E-state index contributed by atoms with van der Waals surface area (Å²) in [6, 6.07) is 9.25. The van der Waals surface area contributed by atoms with E-state index in [4.69, 9.17) is 5.73 Å². The fraction of sp³-hybridized carbons (Fsp3) is 0.227. The maximum Gasteiger partial charge on any atom is 0.132 e. The molecule has 3 aromatic heterocycles. The largest absolute Gasteiger partial charge is 0.507 e. The molecule has 4 heterocycles. The Kier molecular flexibility index (Phi) is 4.37. The number of nitrogens with one attached hydrogen (secondary N) is 2. The van der Waals surface area contributed by atoms with Gasteiger partial charge in [0, 0.05) is 51.5 Å². The molecule has 7 nitrogen and oxygen atoms in total. The highest BCUT2D eigenvalue weighted by atomic mass is 16.3. The number of nitrogen functional groups attached to an aromatic ring is 1. The van der Waals surface area contributed by atoms with E-state index in [1.165, 1.54) is 0 Å². The molecule has 1 fully saturated rings. The smallest absolute Gasteiger partial charge is 0.132 e. The van der Waals surface area contributed by atoms with Gasteiger partial charge in [-0.2, -0.15) is 5.10 Å². The van der Waals surface area contributed by atoms with Gasteiger partial charge in [0.1, 0.15) is 11.6 Å². The average molecular weight is 386 g/mol. The predicted octanol–water partition coefficient (Wildman–Crippen LogP) is 3.44. The van der Waals surface area contributed by atoms with Gasteiger partial charge in [0.2, 0.25) is 0 Å². The minimum absolute atomic E-state index is 0.219. The van der Waals surface area contributed by atoms with Crippen LogP contribution in [0.4, 0.5) is 5.82 Å². The van der Waals surface area contributed by atoms with Crippen molar-refractivity contribution < 1.29 is 5.11 Å². The summed E-state index contributed by atoms with van der Waals surface area (Å²) < 4.78 is 0. The molecule has 5 rings (SSSR count). The monoisotopic (exact) mass is 386 g/mol. The molecule has 1 saturated heterocycles. The van der Waals surface area contributed by atoms with Crippen LogP contribution in [0.2, 0.25) is 0 Å². The quantitative estimate of drug-likeness (QED) is 0.429. The molecule has 0 radical (unpaired) electrons. The lowest BCUT2D eigenvalue weighted by Crippen LogP contribution is -2.27. The van der Waals surface area contributed by atoms with E-state index < -0.39 is 0 Å². The first kappa shape index (κ1) is 17.6. The van der Waals surface area contributed by atoms with Gasteiger partial charge in [0.15, 0.2) is 0 Å². The van der Waals surface area contributed by atoms with Gasteiger partial charge in [-0.25, -0.2) is 4.98 Å². The fourth-order valence-corrected chi connectivity index (χ4v) is 4.08. The number of benzene rings is 1. The number of piperidine rings is 1. The molecule has 5 N–H and O–H groups in total. The average Bonchev–Trinajstić information content (AvgIpc) is 3.25. The summed E-state index contributed by atoms with van der Waals surface area (Å²) in [5.74, 6) is 1.07. The molecular weight excluding hydrogens is 364 g/mol. The van der Waals surface area contributed by atoms with Crippen LogP contribution in [0, 0.1) is 0 Å². The van der Waals surface area contributed by atoms with Crippen LogP contribution in [0.1, 0.15) is 24.5 Å². The van der Waals surface area contributed by atoms with Crippen LogP contribution < -0.4 is 11.1 Å². The molecule has 29 heavy (non-hydrogen) atoms. The molecule has 1 aliphatic heterocycles. The van der Waals surface area contributed by atoms with Crippen LogP contribution in [0.15, 0.2) is 48.9 Å². The second-order valence-corrected chi connectivity index (χ2v) is 7.45. The van der Waals surface area contributed by atoms with Gasteiger partial charge in [-0.05, 0) is 44.1 Å². The number of anilines is 1. The minimum Gasteiger partial charge on any atom is -0.507 e. The SMILES string of the molecule is Nc1ncc(-c2cn[nH]c2C2CCNCC2)cc1-c1cc2c(O)cccc2cn1. The molecule has 0 amide bonds. The third kappa shape index (κ3) is 3.19. The first-order valence-corrected chi connectivity index (χ1v) is 9.78. The molecule has 146 valence electrons. The van der Waals surface area contributed by atoms with E-state index in [0.717, 1.165) is 59.1 Å².